The van der Waals surface area contributed by atoms with E-state index in [0.717, 1.165) is 35.9 Å². The molecule has 0 spiro atoms. The van der Waals surface area contributed by atoms with Gasteiger partial charge in [0.05, 0.1) is 13.2 Å². The lowest BCUT2D eigenvalue weighted by Crippen LogP contribution is -2.45. The maximum absolute atomic E-state index is 12.6. The van der Waals surface area contributed by atoms with Gasteiger partial charge < -0.3 is 14.4 Å². The van der Waals surface area contributed by atoms with Crippen molar-refractivity contribution in [2.24, 2.45) is 11.3 Å². The first kappa shape index (κ1) is 21.1. The molecule has 0 saturated heterocycles. The van der Waals surface area contributed by atoms with Crippen LogP contribution in [-0.2, 0) is 4.74 Å². The lowest BCUT2D eigenvalue weighted by molar-refractivity contribution is 0.0512. The van der Waals surface area contributed by atoms with Crippen LogP contribution in [0.2, 0.25) is 0 Å². The van der Waals surface area contributed by atoms with E-state index in [1.54, 1.807) is 0 Å². The van der Waals surface area contributed by atoms with Gasteiger partial charge >= 0.3 is 6.09 Å². The topological polar surface area (TPSA) is 38.8 Å². The summed E-state index contributed by atoms with van der Waals surface area (Å²) < 4.78 is 12.4. The van der Waals surface area contributed by atoms with Crippen molar-refractivity contribution in [2.45, 2.75) is 59.4 Å². The number of ether oxygens (including phenoxy) is 2. The number of hydrogen-bond acceptors (Lipinski definition) is 3. The molecular formula is C21H32BrNO3. The molecule has 146 valence electrons. The average Bonchev–Trinajstić information content (AvgIpc) is 2.59. The molecule has 0 atom stereocenters. The molecule has 0 aliphatic heterocycles. The van der Waals surface area contributed by atoms with Crippen molar-refractivity contribution < 1.29 is 14.3 Å². The molecule has 4 nitrogen and oxygen atoms in total. The lowest BCUT2D eigenvalue weighted by Gasteiger charge is -2.39. The van der Waals surface area contributed by atoms with Crippen LogP contribution in [0.3, 0.4) is 0 Å². The van der Waals surface area contributed by atoms with Crippen LogP contribution >= 0.6 is 15.9 Å². The van der Waals surface area contributed by atoms with Crippen LogP contribution in [0.25, 0.3) is 0 Å². The molecule has 1 saturated carbocycles. The summed E-state index contributed by atoms with van der Waals surface area (Å²) in [6.07, 6.45) is 4.13. The van der Waals surface area contributed by atoms with Crippen LogP contribution < -0.4 is 4.74 Å². The Bertz CT molecular complexity index is 561. The van der Waals surface area contributed by atoms with E-state index in [-0.39, 0.29) is 12.1 Å². The minimum Gasteiger partial charge on any atom is -0.492 e. The molecule has 0 radical (unpaired) electrons. The Morgan fingerprint density at radius 2 is 1.85 bits per heavy atom. The third kappa shape index (κ3) is 6.82. The summed E-state index contributed by atoms with van der Waals surface area (Å²) in [5.74, 6) is 1.15. The molecule has 1 aliphatic rings. The molecule has 0 unspecified atom stereocenters. The van der Waals surface area contributed by atoms with Crippen LogP contribution in [0.4, 0.5) is 4.79 Å². The Labute approximate surface area is 166 Å². The van der Waals surface area contributed by atoms with Crippen LogP contribution in [0.1, 0.15) is 53.4 Å². The quantitative estimate of drug-likeness (QED) is 0.546. The third-order valence-electron chi connectivity index (χ3n) is 4.94. The van der Waals surface area contributed by atoms with E-state index in [2.05, 4.69) is 43.6 Å². The van der Waals surface area contributed by atoms with Crippen LogP contribution in [-0.4, -0.2) is 36.8 Å². The summed E-state index contributed by atoms with van der Waals surface area (Å²) in [6.45, 7) is 10.2. The van der Waals surface area contributed by atoms with Gasteiger partial charge in [-0.3, -0.25) is 0 Å². The fraction of sp³-hybridized carbons (Fsp3) is 0.667. The molecule has 1 aromatic rings. The molecule has 0 aromatic heterocycles. The first-order valence-corrected chi connectivity index (χ1v) is 10.4. The predicted octanol–water partition coefficient (Wildman–Crippen LogP) is 5.89. The highest BCUT2D eigenvalue weighted by atomic mass is 79.9. The smallest absolute Gasteiger partial charge is 0.410 e. The van der Waals surface area contributed by atoms with Crippen LogP contribution in [0, 0.1) is 11.3 Å². The van der Waals surface area contributed by atoms with Gasteiger partial charge in [0, 0.05) is 10.5 Å². The number of carbonyl (C=O) groups is 1. The second-order valence-corrected chi connectivity index (χ2v) is 9.28. The maximum atomic E-state index is 12.6. The Balaban J connectivity index is 1.93. The van der Waals surface area contributed by atoms with Gasteiger partial charge in [-0.2, -0.15) is 0 Å². The number of benzene rings is 1. The second-order valence-electron chi connectivity index (χ2n) is 8.36. The Hall–Kier alpha value is -1.23. The van der Waals surface area contributed by atoms with E-state index in [1.165, 1.54) is 0 Å². The van der Waals surface area contributed by atoms with Crippen molar-refractivity contribution in [3.63, 3.8) is 0 Å². The predicted molar refractivity (Wildman–Crippen MR) is 109 cm³/mol. The van der Waals surface area contributed by atoms with Gasteiger partial charge in [0.25, 0.3) is 0 Å². The summed E-state index contributed by atoms with van der Waals surface area (Å²) in [5.41, 5.74) is 0.373. The van der Waals surface area contributed by atoms with Crippen LogP contribution in [0.15, 0.2) is 28.7 Å². The zero-order chi connectivity index (χ0) is 19.2. The van der Waals surface area contributed by atoms with E-state index in [9.17, 15) is 4.79 Å². The summed E-state index contributed by atoms with van der Waals surface area (Å²) in [5, 5.41) is 0. The highest BCUT2D eigenvalue weighted by Crippen LogP contribution is 2.37. The number of amides is 1. The molecule has 0 heterocycles. The summed E-state index contributed by atoms with van der Waals surface area (Å²) in [7, 11) is 0. The average molecular weight is 426 g/mol. The maximum Gasteiger partial charge on any atom is 0.410 e. The van der Waals surface area contributed by atoms with Gasteiger partial charge in [0.15, 0.2) is 0 Å². The van der Waals surface area contributed by atoms with E-state index in [0.29, 0.717) is 31.1 Å². The molecule has 0 N–H and O–H groups in total. The fourth-order valence-electron chi connectivity index (χ4n) is 3.23. The van der Waals surface area contributed by atoms with Crippen molar-refractivity contribution in [1.29, 1.82) is 0 Å². The van der Waals surface area contributed by atoms with E-state index in [1.807, 2.05) is 29.2 Å². The summed E-state index contributed by atoms with van der Waals surface area (Å²) in [6, 6.07) is 8.00. The molecular weight excluding hydrogens is 394 g/mol. The van der Waals surface area contributed by atoms with Gasteiger partial charge in [0.1, 0.15) is 12.4 Å². The Morgan fingerprint density at radius 3 is 2.42 bits per heavy atom. The Morgan fingerprint density at radius 1 is 1.23 bits per heavy atom. The van der Waals surface area contributed by atoms with Crippen molar-refractivity contribution in [3.05, 3.63) is 28.7 Å². The third-order valence-corrected chi connectivity index (χ3v) is 5.47. The van der Waals surface area contributed by atoms with Gasteiger partial charge in [-0.05, 0) is 61.3 Å². The van der Waals surface area contributed by atoms with E-state index >= 15 is 0 Å². The number of halogens is 1. The molecule has 5 heteroatoms. The zero-order valence-corrected chi connectivity index (χ0v) is 18.0. The van der Waals surface area contributed by atoms with Crippen LogP contribution in [0.5, 0.6) is 5.75 Å². The Kier molecular flexibility index (Phi) is 7.81. The number of nitrogens with zero attached hydrogens (tertiary/aromatic N) is 1. The van der Waals surface area contributed by atoms with E-state index in [4.69, 9.17) is 9.47 Å². The SMILES string of the molecule is CC(C)COC(=O)N(CCOc1ccc(Br)cc1)C1CCC(C)(C)CC1. The first-order valence-electron chi connectivity index (χ1n) is 9.58. The van der Waals surface area contributed by atoms with E-state index < -0.39 is 0 Å². The largest absolute Gasteiger partial charge is 0.492 e. The minimum atomic E-state index is -0.206. The van der Waals surface area contributed by atoms with Crippen molar-refractivity contribution >= 4 is 22.0 Å². The summed E-state index contributed by atoms with van der Waals surface area (Å²) in [4.78, 5) is 14.5. The zero-order valence-electron chi connectivity index (χ0n) is 16.5. The lowest BCUT2D eigenvalue weighted by atomic mass is 9.75. The second kappa shape index (κ2) is 9.63. The highest BCUT2D eigenvalue weighted by Gasteiger charge is 2.32. The number of carbonyl (C=O) groups excluding carboxylic acids is 1. The standard InChI is InChI=1S/C21H32BrNO3/c1-16(2)15-26-20(24)23(18-9-11-21(3,4)12-10-18)13-14-25-19-7-5-17(22)6-8-19/h5-8,16,18H,9-15H2,1-4H3. The highest BCUT2D eigenvalue weighted by molar-refractivity contribution is 9.10. The van der Waals surface area contributed by atoms with Gasteiger partial charge in [-0.25, -0.2) is 4.79 Å². The van der Waals surface area contributed by atoms with Crippen molar-refractivity contribution in [2.75, 3.05) is 19.8 Å². The molecule has 26 heavy (non-hydrogen) atoms. The summed E-state index contributed by atoms with van der Waals surface area (Å²) >= 11 is 3.42. The molecule has 1 fully saturated rings. The normalized spacial score (nSPS) is 17.2. The number of rotatable bonds is 7. The number of hydrogen-bond donors (Lipinski definition) is 0. The molecule has 1 aromatic carbocycles. The molecule has 1 aliphatic carbocycles. The van der Waals surface area contributed by atoms with Gasteiger partial charge in [-0.1, -0.05) is 43.6 Å². The van der Waals surface area contributed by atoms with Gasteiger partial charge in [-0.15, -0.1) is 0 Å². The molecule has 2 rings (SSSR count). The molecule has 1 amide bonds. The van der Waals surface area contributed by atoms with Gasteiger partial charge in [0.2, 0.25) is 0 Å². The molecule has 0 bridgehead atoms. The minimum absolute atomic E-state index is 0.206. The van der Waals surface area contributed by atoms with Crippen molar-refractivity contribution in [1.82, 2.24) is 4.90 Å². The van der Waals surface area contributed by atoms with Crippen molar-refractivity contribution in [3.8, 4) is 5.75 Å². The monoisotopic (exact) mass is 425 g/mol. The fourth-order valence-corrected chi connectivity index (χ4v) is 3.50. The first-order chi connectivity index (χ1) is 12.3.